The molecule has 0 heterocycles. The van der Waals surface area contributed by atoms with Crippen LogP contribution in [0.25, 0.3) is 0 Å². The van der Waals surface area contributed by atoms with E-state index in [0.717, 1.165) is 13.0 Å². The third-order valence-electron chi connectivity index (χ3n) is 0.574. The highest BCUT2D eigenvalue weighted by molar-refractivity contribution is 7.78. The highest BCUT2D eigenvalue weighted by Gasteiger charge is 1.86. The first-order valence-electron chi connectivity index (χ1n) is 2.22. The van der Waals surface area contributed by atoms with E-state index in [0.29, 0.717) is 6.41 Å². The summed E-state index contributed by atoms with van der Waals surface area (Å²) >= 11 is 3.78. The molecule has 0 aliphatic heterocycles. The molecule has 0 spiro atoms. The Morgan fingerprint density at radius 2 is 2.43 bits per heavy atom. The van der Waals surface area contributed by atoms with Crippen molar-refractivity contribution in [1.82, 2.24) is 4.31 Å². The van der Waals surface area contributed by atoms with Gasteiger partial charge in [0.2, 0.25) is 6.41 Å². The molecule has 0 saturated carbocycles. The second kappa shape index (κ2) is 3.99. The fourth-order valence-electron chi connectivity index (χ4n) is 0.282. The van der Waals surface area contributed by atoms with Crippen LogP contribution in [0.15, 0.2) is 0 Å². The molecule has 0 rings (SSSR count). The fraction of sp³-hybridized carbons (Fsp3) is 0.750. The first-order valence-corrected chi connectivity index (χ1v) is 2.62. The monoisotopic (exact) mass is 119 g/mol. The summed E-state index contributed by atoms with van der Waals surface area (Å²) in [5.74, 6) is 0. The second-order valence-electron chi connectivity index (χ2n) is 1.27. The van der Waals surface area contributed by atoms with Crippen molar-refractivity contribution in [2.24, 2.45) is 0 Å². The van der Waals surface area contributed by atoms with Crippen molar-refractivity contribution in [1.29, 1.82) is 0 Å². The van der Waals surface area contributed by atoms with E-state index >= 15 is 0 Å². The molecule has 7 heavy (non-hydrogen) atoms. The van der Waals surface area contributed by atoms with Gasteiger partial charge in [-0.3, -0.25) is 9.10 Å². The van der Waals surface area contributed by atoms with Gasteiger partial charge in [0.15, 0.2) is 0 Å². The Kier molecular flexibility index (Phi) is 3.89. The zero-order valence-electron chi connectivity index (χ0n) is 4.29. The number of hydrogen-bond donors (Lipinski definition) is 1. The number of rotatable bonds is 3. The van der Waals surface area contributed by atoms with E-state index in [-0.39, 0.29) is 0 Å². The van der Waals surface area contributed by atoms with E-state index in [1.165, 1.54) is 4.31 Å². The minimum absolute atomic E-state index is 0.701. The quantitative estimate of drug-likeness (QED) is 0.428. The maximum atomic E-state index is 9.74. The van der Waals surface area contributed by atoms with Gasteiger partial charge in [-0.2, -0.15) is 0 Å². The lowest BCUT2D eigenvalue weighted by Crippen LogP contribution is -2.09. The van der Waals surface area contributed by atoms with Gasteiger partial charge in [-0.15, -0.1) is 0 Å². The van der Waals surface area contributed by atoms with Crippen LogP contribution < -0.4 is 0 Å². The lowest BCUT2D eigenvalue weighted by atomic mass is 10.5. The average Bonchev–Trinajstić information content (AvgIpc) is 1.68. The molecule has 0 aliphatic carbocycles. The lowest BCUT2D eigenvalue weighted by Gasteiger charge is -2.03. The van der Waals surface area contributed by atoms with Crippen LogP contribution in [0.5, 0.6) is 0 Å². The summed E-state index contributed by atoms with van der Waals surface area (Å²) in [5, 5.41) is 0. The number of carbonyl (C=O) groups excluding carboxylic acids is 1. The smallest absolute Gasteiger partial charge is 0.219 e. The predicted octanol–water partition coefficient (Wildman–Crippen LogP) is 0.700. The molecule has 0 radical (unpaired) electrons. The molecule has 1 amide bonds. The molecule has 2 nitrogen and oxygen atoms in total. The molecule has 0 saturated heterocycles. The Bertz CT molecular complexity index is 57.7. The van der Waals surface area contributed by atoms with Gasteiger partial charge in [0, 0.05) is 6.54 Å². The maximum Gasteiger partial charge on any atom is 0.219 e. The van der Waals surface area contributed by atoms with Crippen molar-refractivity contribution in [2.75, 3.05) is 6.54 Å². The Balaban J connectivity index is 2.98. The Morgan fingerprint density at radius 1 is 1.86 bits per heavy atom. The van der Waals surface area contributed by atoms with Crippen LogP contribution in [0.2, 0.25) is 0 Å². The van der Waals surface area contributed by atoms with Crippen molar-refractivity contribution in [3.8, 4) is 0 Å². The van der Waals surface area contributed by atoms with Gasteiger partial charge >= 0.3 is 0 Å². The number of amides is 1. The maximum absolute atomic E-state index is 9.74. The number of thiol groups is 1. The molecule has 42 valence electrons. The molecule has 0 aromatic carbocycles. The highest BCUT2D eigenvalue weighted by Crippen LogP contribution is 1.87. The van der Waals surface area contributed by atoms with Crippen LogP contribution in [0.4, 0.5) is 0 Å². The molecule has 0 unspecified atom stereocenters. The van der Waals surface area contributed by atoms with Crippen LogP contribution in [0.1, 0.15) is 13.3 Å². The first-order chi connectivity index (χ1) is 3.31. The molecular weight excluding hydrogens is 110 g/mol. The van der Waals surface area contributed by atoms with Gasteiger partial charge in [-0.05, 0) is 6.42 Å². The van der Waals surface area contributed by atoms with Gasteiger partial charge in [-0.25, -0.2) is 0 Å². The minimum Gasteiger partial charge on any atom is -0.292 e. The zero-order chi connectivity index (χ0) is 5.70. The molecule has 0 fully saturated rings. The molecule has 0 N–H and O–H groups in total. The number of carbonyl (C=O) groups is 1. The Morgan fingerprint density at radius 3 is 2.57 bits per heavy atom. The third-order valence-corrected chi connectivity index (χ3v) is 0.869. The lowest BCUT2D eigenvalue weighted by molar-refractivity contribution is -0.113. The summed E-state index contributed by atoms with van der Waals surface area (Å²) < 4.78 is 1.32. The van der Waals surface area contributed by atoms with Gasteiger partial charge < -0.3 is 0 Å². The Labute approximate surface area is 49.0 Å². The summed E-state index contributed by atoms with van der Waals surface area (Å²) in [7, 11) is 0. The van der Waals surface area contributed by atoms with Crippen molar-refractivity contribution >= 4 is 19.2 Å². The molecular formula is C4H9NOS. The molecule has 0 aliphatic rings. The highest BCUT2D eigenvalue weighted by atomic mass is 32.1. The Hall–Kier alpha value is -0.180. The molecule has 0 bridgehead atoms. The van der Waals surface area contributed by atoms with E-state index < -0.39 is 0 Å². The summed E-state index contributed by atoms with van der Waals surface area (Å²) in [6.45, 7) is 2.72. The first kappa shape index (κ1) is 6.82. The number of nitrogens with zero attached hydrogens (tertiary/aromatic N) is 1. The summed E-state index contributed by atoms with van der Waals surface area (Å²) in [6.07, 6.45) is 1.66. The predicted molar refractivity (Wildman–Crippen MR) is 32.0 cm³/mol. The van der Waals surface area contributed by atoms with Crippen LogP contribution in [-0.4, -0.2) is 17.3 Å². The van der Waals surface area contributed by atoms with Crippen LogP contribution in [0.3, 0.4) is 0 Å². The summed E-state index contributed by atoms with van der Waals surface area (Å²) in [4.78, 5) is 9.74. The van der Waals surface area contributed by atoms with Crippen LogP contribution in [0, 0.1) is 0 Å². The fourth-order valence-corrected chi connectivity index (χ4v) is 0.482. The van der Waals surface area contributed by atoms with Gasteiger partial charge in [0.1, 0.15) is 0 Å². The van der Waals surface area contributed by atoms with Gasteiger partial charge in [0.25, 0.3) is 0 Å². The normalized spacial score (nSPS) is 8.29. The van der Waals surface area contributed by atoms with Crippen molar-refractivity contribution in [3.05, 3.63) is 0 Å². The molecule has 0 aromatic heterocycles. The van der Waals surface area contributed by atoms with Crippen molar-refractivity contribution < 1.29 is 4.79 Å². The summed E-state index contributed by atoms with van der Waals surface area (Å²) in [6, 6.07) is 0. The van der Waals surface area contributed by atoms with Crippen molar-refractivity contribution in [3.63, 3.8) is 0 Å². The van der Waals surface area contributed by atoms with Gasteiger partial charge in [-0.1, -0.05) is 19.7 Å². The van der Waals surface area contributed by atoms with E-state index in [1.54, 1.807) is 0 Å². The van der Waals surface area contributed by atoms with E-state index in [9.17, 15) is 4.79 Å². The topological polar surface area (TPSA) is 20.3 Å². The standard InChI is InChI=1S/C4H9NOS/c1-2-3-5(7)4-6/h4,7H,2-3H2,1H3. The minimum atomic E-state index is 0.701. The van der Waals surface area contributed by atoms with Crippen molar-refractivity contribution in [2.45, 2.75) is 13.3 Å². The number of hydrogen-bond acceptors (Lipinski definition) is 2. The molecule has 3 heteroatoms. The third kappa shape index (κ3) is 3.66. The average molecular weight is 119 g/mol. The van der Waals surface area contributed by atoms with Gasteiger partial charge in [0.05, 0.1) is 0 Å². The summed E-state index contributed by atoms with van der Waals surface area (Å²) in [5.41, 5.74) is 0. The van der Waals surface area contributed by atoms with Crippen LogP contribution >= 0.6 is 12.8 Å². The second-order valence-corrected chi connectivity index (χ2v) is 1.78. The molecule has 0 aromatic rings. The largest absolute Gasteiger partial charge is 0.292 e. The van der Waals surface area contributed by atoms with Crippen LogP contribution in [-0.2, 0) is 4.79 Å². The molecule has 0 atom stereocenters. The van der Waals surface area contributed by atoms with E-state index in [2.05, 4.69) is 12.8 Å². The SMILES string of the molecule is CCCN(S)C=O. The van der Waals surface area contributed by atoms with E-state index in [4.69, 9.17) is 0 Å². The zero-order valence-corrected chi connectivity index (χ0v) is 5.19. The van der Waals surface area contributed by atoms with E-state index in [1.807, 2.05) is 6.92 Å².